The highest BCUT2D eigenvalue weighted by molar-refractivity contribution is 7.90. The van der Waals surface area contributed by atoms with Gasteiger partial charge in [-0.1, -0.05) is 6.07 Å². The third-order valence-electron chi connectivity index (χ3n) is 4.14. The largest absolute Gasteiger partial charge is 0.322 e. The van der Waals surface area contributed by atoms with Crippen molar-refractivity contribution in [3.05, 3.63) is 28.8 Å². The molecular weight excluding hydrogens is 334 g/mol. The SMILES string of the molecule is CS(=O)(=O)c1c(C#N)ccc2c1C(=O)N(C1CCC(=O)NC1=O)C2. The first-order valence-electron chi connectivity index (χ1n) is 7.14. The molecule has 3 rings (SSSR count). The van der Waals surface area contributed by atoms with Gasteiger partial charge < -0.3 is 4.90 Å². The molecule has 3 amide bonds. The summed E-state index contributed by atoms with van der Waals surface area (Å²) in [5.74, 6) is -1.59. The Morgan fingerprint density at radius 3 is 2.58 bits per heavy atom. The number of nitriles is 1. The predicted octanol–water partition coefficient (Wildman–Crippen LogP) is -0.277. The van der Waals surface area contributed by atoms with Crippen LogP contribution in [0.25, 0.3) is 0 Å². The number of sulfone groups is 1. The summed E-state index contributed by atoms with van der Waals surface area (Å²) in [5, 5.41) is 11.3. The standard InChI is InChI=1S/C15H13N3O5S/c1-24(22,23)13-8(6-16)2-3-9-7-18(15(21)12(9)13)10-4-5-11(19)17-14(10)20/h2-3,10H,4-5,7H2,1H3,(H,17,19,20). The Hall–Kier alpha value is -2.73. The highest BCUT2D eigenvalue weighted by atomic mass is 32.2. The summed E-state index contributed by atoms with van der Waals surface area (Å²) < 4.78 is 24.1. The summed E-state index contributed by atoms with van der Waals surface area (Å²) in [6, 6.07) is 3.83. The number of hydrogen-bond donors (Lipinski definition) is 1. The molecule has 0 radical (unpaired) electrons. The van der Waals surface area contributed by atoms with Crippen LogP contribution < -0.4 is 5.32 Å². The maximum atomic E-state index is 12.7. The van der Waals surface area contributed by atoms with Crippen LogP contribution in [0.4, 0.5) is 0 Å². The Morgan fingerprint density at radius 2 is 2.00 bits per heavy atom. The van der Waals surface area contributed by atoms with Gasteiger partial charge in [0.25, 0.3) is 5.91 Å². The van der Waals surface area contributed by atoms with E-state index in [0.29, 0.717) is 5.56 Å². The topological polar surface area (TPSA) is 124 Å². The van der Waals surface area contributed by atoms with Crippen molar-refractivity contribution in [1.29, 1.82) is 5.26 Å². The van der Waals surface area contributed by atoms with Crippen molar-refractivity contribution >= 4 is 27.6 Å². The average molecular weight is 347 g/mol. The van der Waals surface area contributed by atoms with Crippen molar-refractivity contribution in [2.75, 3.05) is 6.26 Å². The van der Waals surface area contributed by atoms with E-state index < -0.39 is 33.6 Å². The molecule has 124 valence electrons. The number of fused-ring (bicyclic) bond motifs is 1. The summed E-state index contributed by atoms with van der Waals surface area (Å²) >= 11 is 0. The zero-order valence-corrected chi connectivity index (χ0v) is 13.5. The molecule has 2 heterocycles. The Morgan fingerprint density at radius 1 is 1.29 bits per heavy atom. The predicted molar refractivity (Wildman–Crippen MR) is 80.3 cm³/mol. The number of nitrogens with zero attached hydrogens (tertiary/aromatic N) is 2. The third kappa shape index (κ3) is 2.45. The Labute approximate surface area is 138 Å². The molecule has 1 aromatic carbocycles. The van der Waals surface area contributed by atoms with Crippen molar-refractivity contribution in [2.45, 2.75) is 30.3 Å². The molecule has 8 nitrogen and oxygen atoms in total. The molecule has 0 aliphatic carbocycles. The summed E-state index contributed by atoms with van der Waals surface area (Å²) in [5.41, 5.74) is 0.292. The Bertz CT molecular complexity index is 929. The molecular formula is C15H13N3O5S. The quantitative estimate of drug-likeness (QED) is 0.734. The van der Waals surface area contributed by atoms with Crippen LogP contribution in [0.1, 0.15) is 34.3 Å². The van der Waals surface area contributed by atoms with E-state index >= 15 is 0 Å². The second-order valence-corrected chi connectivity index (χ2v) is 7.71. The first kappa shape index (κ1) is 16.1. The lowest BCUT2D eigenvalue weighted by molar-refractivity contribution is -0.136. The number of carbonyl (C=O) groups is 3. The van der Waals surface area contributed by atoms with Crippen LogP contribution in [0, 0.1) is 11.3 Å². The van der Waals surface area contributed by atoms with Crippen LogP contribution in [0.15, 0.2) is 17.0 Å². The fraction of sp³-hybridized carbons (Fsp3) is 0.333. The number of imide groups is 1. The molecule has 2 aliphatic rings. The number of carbonyl (C=O) groups excluding carboxylic acids is 3. The zero-order chi connectivity index (χ0) is 17.6. The lowest BCUT2D eigenvalue weighted by Crippen LogP contribution is -2.52. The minimum atomic E-state index is -3.80. The number of benzene rings is 1. The van der Waals surface area contributed by atoms with Crippen molar-refractivity contribution in [3.8, 4) is 6.07 Å². The molecule has 0 spiro atoms. The van der Waals surface area contributed by atoms with Crippen LogP contribution in [-0.2, 0) is 26.0 Å². The normalized spacial score (nSPS) is 20.6. The van der Waals surface area contributed by atoms with E-state index in [1.165, 1.54) is 17.0 Å². The maximum absolute atomic E-state index is 12.7. The molecule has 0 saturated carbocycles. The molecule has 0 aromatic heterocycles. The smallest absolute Gasteiger partial charge is 0.256 e. The van der Waals surface area contributed by atoms with Gasteiger partial charge in [-0.15, -0.1) is 0 Å². The third-order valence-corrected chi connectivity index (χ3v) is 5.30. The number of amides is 3. The first-order valence-corrected chi connectivity index (χ1v) is 9.04. The highest BCUT2D eigenvalue weighted by Crippen LogP contribution is 2.33. The van der Waals surface area contributed by atoms with E-state index in [1.54, 1.807) is 6.07 Å². The van der Waals surface area contributed by atoms with E-state index in [-0.39, 0.29) is 35.4 Å². The van der Waals surface area contributed by atoms with Gasteiger partial charge in [0, 0.05) is 19.2 Å². The monoisotopic (exact) mass is 347 g/mol. The molecule has 1 aromatic rings. The minimum absolute atomic E-state index is 0.0544. The summed E-state index contributed by atoms with van der Waals surface area (Å²) in [7, 11) is -3.80. The van der Waals surface area contributed by atoms with Gasteiger partial charge in [-0.25, -0.2) is 8.42 Å². The molecule has 2 aliphatic heterocycles. The molecule has 9 heteroatoms. The fourth-order valence-electron chi connectivity index (χ4n) is 3.09. The van der Waals surface area contributed by atoms with Gasteiger partial charge in [-0.2, -0.15) is 5.26 Å². The zero-order valence-electron chi connectivity index (χ0n) is 12.7. The van der Waals surface area contributed by atoms with Crippen molar-refractivity contribution in [3.63, 3.8) is 0 Å². The number of piperidine rings is 1. The van der Waals surface area contributed by atoms with Crippen LogP contribution >= 0.6 is 0 Å². The van der Waals surface area contributed by atoms with Gasteiger partial charge in [0.15, 0.2) is 9.84 Å². The van der Waals surface area contributed by atoms with Gasteiger partial charge >= 0.3 is 0 Å². The Kier molecular flexibility index (Phi) is 3.64. The Balaban J connectivity index is 2.08. The highest BCUT2D eigenvalue weighted by Gasteiger charge is 2.41. The second kappa shape index (κ2) is 5.42. The lowest BCUT2D eigenvalue weighted by Gasteiger charge is -2.29. The summed E-state index contributed by atoms with van der Waals surface area (Å²) in [6.07, 6.45) is 1.23. The molecule has 1 unspecified atom stereocenters. The van der Waals surface area contributed by atoms with Crippen molar-refractivity contribution in [1.82, 2.24) is 10.2 Å². The average Bonchev–Trinajstić information content (AvgIpc) is 2.82. The minimum Gasteiger partial charge on any atom is -0.322 e. The van der Waals surface area contributed by atoms with E-state index in [4.69, 9.17) is 5.26 Å². The van der Waals surface area contributed by atoms with Crippen LogP contribution in [0.3, 0.4) is 0 Å². The van der Waals surface area contributed by atoms with E-state index in [0.717, 1.165) is 6.26 Å². The number of rotatable bonds is 2. The molecule has 1 saturated heterocycles. The molecule has 1 N–H and O–H groups in total. The van der Waals surface area contributed by atoms with Gasteiger partial charge in [-0.05, 0) is 18.1 Å². The summed E-state index contributed by atoms with van der Waals surface area (Å²) in [6.45, 7) is 0.0642. The number of nitrogens with one attached hydrogen (secondary N) is 1. The van der Waals surface area contributed by atoms with Crippen LogP contribution in [0.5, 0.6) is 0 Å². The molecule has 0 bridgehead atoms. The van der Waals surface area contributed by atoms with Gasteiger partial charge in [0.2, 0.25) is 11.8 Å². The van der Waals surface area contributed by atoms with Crippen LogP contribution in [0.2, 0.25) is 0 Å². The molecule has 1 fully saturated rings. The van der Waals surface area contributed by atoms with Gasteiger partial charge in [-0.3, -0.25) is 19.7 Å². The first-order chi connectivity index (χ1) is 11.2. The van der Waals surface area contributed by atoms with Crippen molar-refractivity contribution in [2.24, 2.45) is 0 Å². The van der Waals surface area contributed by atoms with E-state index in [9.17, 15) is 22.8 Å². The maximum Gasteiger partial charge on any atom is 0.256 e. The lowest BCUT2D eigenvalue weighted by atomic mass is 10.0. The molecule has 1 atom stereocenters. The van der Waals surface area contributed by atoms with Crippen LogP contribution in [-0.4, -0.2) is 43.3 Å². The van der Waals surface area contributed by atoms with E-state index in [1.807, 2.05) is 0 Å². The second-order valence-electron chi connectivity index (χ2n) is 5.76. The van der Waals surface area contributed by atoms with Crippen molar-refractivity contribution < 1.29 is 22.8 Å². The van der Waals surface area contributed by atoms with E-state index in [2.05, 4.69) is 5.32 Å². The summed E-state index contributed by atoms with van der Waals surface area (Å²) in [4.78, 5) is 36.9. The van der Waals surface area contributed by atoms with Gasteiger partial charge in [0.05, 0.1) is 16.0 Å². The fourth-order valence-corrected chi connectivity index (χ4v) is 4.20. The number of hydrogen-bond acceptors (Lipinski definition) is 6. The van der Waals surface area contributed by atoms with Gasteiger partial charge in [0.1, 0.15) is 12.1 Å². The molecule has 24 heavy (non-hydrogen) atoms.